The second-order valence-electron chi connectivity index (χ2n) is 6.62. The van der Waals surface area contributed by atoms with Crippen molar-refractivity contribution in [2.24, 2.45) is 0 Å². The molecule has 0 aliphatic rings. The number of rotatable bonds is 6. The molecular weight excluding hydrogens is 474 g/mol. The molecule has 0 unspecified atom stereocenters. The van der Waals surface area contributed by atoms with E-state index in [9.17, 15) is 23.2 Å². The van der Waals surface area contributed by atoms with Crippen molar-refractivity contribution in [1.29, 1.82) is 0 Å². The number of aryl methyl sites for hydroxylation is 1. The second kappa shape index (κ2) is 9.22. The number of carbonyl (C=O) groups is 2. The van der Waals surface area contributed by atoms with Crippen molar-refractivity contribution in [1.82, 2.24) is 10.3 Å². The summed E-state index contributed by atoms with van der Waals surface area (Å²) in [6.45, 7) is 1.33. The van der Waals surface area contributed by atoms with Crippen LogP contribution in [-0.2, 0) is 6.61 Å². The van der Waals surface area contributed by atoms with E-state index in [4.69, 9.17) is 4.74 Å². The average molecular weight is 491 g/mol. The van der Waals surface area contributed by atoms with Crippen molar-refractivity contribution in [2.75, 3.05) is 7.05 Å². The lowest BCUT2D eigenvalue weighted by Gasteiger charge is -2.18. The molecule has 1 amide bonds. The van der Waals surface area contributed by atoms with Crippen molar-refractivity contribution in [3.05, 3.63) is 85.2 Å². The number of amides is 1. The van der Waals surface area contributed by atoms with Crippen LogP contribution in [-0.4, -0.2) is 24.2 Å². The van der Waals surface area contributed by atoms with Crippen LogP contribution in [0, 0.1) is 18.6 Å². The van der Waals surface area contributed by atoms with Crippen LogP contribution in [0.25, 0.3) is 11.1 Å². The number of ether oxygens (including phenoxy) is 1. The number of pyridine rings is 1. The Morgan fingerprint density at radius 1 is 1.23 bits per heavy atom. The molecule has 0 bridgehead atoms. The molecule has 0 atom stereocenters. The lowest BCUT2D eigenvalue weighted by Crippen LogP contribution is -2.20. The van der Waals surface area contributed by atoms with E-state index < -0.39 is 23.1 Å². The second-order valence-corrected chi connectivity index (χ2v) is 7.42. The minimum atomic E-state index is -0.791. The Balaban J connectivity index is 2.18. The van der Waals surface area contributed by atoms with Gasteiger partial charge in [0.05, 0.1) is 0 Å². The molecule has 0 aliphatic carbocycles. The fourth-order valence-corrected chi connectivity index (χ4v) is 3.51. The van der Waals surface area contributed by atoms with Crippen molar-refractivity contribution in [2.45, 2.75) is 13.5 Å². The number of hydrogen-bond acceptors (Lipinski definition) is 4. The maximum absolute atomic E-state index is 14.0. The molecule has 0 spiro atoms. The van der Waals surface area contributed by atoms with Crippen molar-refractivity contribution < 1.29 is 23.1 Å². The summed E-state index contributed by atoms with van der Waals surface area (Å²) in [5.74, 6) is -1.88. The highest BCUT2D eigenvalue weighted by Crippen LogP contribution is 2.38. The first-order chi connectivity index (χ1) is 14.8. The van der Waals surface area contributed by atoms with Gasteiger partial charge < -0.3 is 15.0 Å². The predicted molar refractivity (Wildman–Crippen MR) is 114 cm³/mol. The molecule has 9 heteroatoms. The lowest BCUT2D eigenvalue weighted by atomic mass is 9.95. The van der Waals surface area contributed by atoms with Crippen LogP contribution in [0.15, 0.2) is 45.7 Å². The minimum absolute atomic E-state index is 0.0398. The summed E-state index contributed by atoms with van der Waals surface area (Å²) >= 11 is 3.19. The number of nitrogens with one attached hydrogen (secondary N) is 2. The van der Waals surface area contributed by atoms with E-state index in [0.29, 0.717) is 28.7 Å². The zero-order valence-corrected chi connectivity index (χ0v) is 18.1. The number of aromatic nitrogens is 1. The first kappa shape index (κ1) is 22.4. The van der Waals surface area contributed by atoms with Crippen LogP contribution in [0.4, 0.5) is 8.78 Å². The molecule has 0 fully saturated rings. The summed E-state index contributed by atoms with van der Waals surface area (Å²) in [6.07, 6.45) is 0.612. The average Bonchev–Trinajstić information content (AvgIpc) is 2.75. The maximum atomic E-state index is 14.0. The van der Waals surface area contributed by atoms with Crippen LogP contribution in [0.3, 0.4) is 0 Å². The molecule has 31 heavy (non-hydrogen) atoms. The third kappa shape index (κ3) is 4.56. The fraction of sp³-hybridized carbons (Fsp3) is 0.136. The Morgan fingerprint density at radius 2 is 1.97 bits per heavy atom. The number of aromatic amines is 1. The summed E-state index contributed by atoms with van der Waals surface area (Å²) < 4.78 is 33.1. The number of carbonyl (C=O) groups excluding carboxylic acids is 2. The van der Waals surface area contributed by atoms with Gasteiger partial charge in [0.15, 0.2) is 0 Å². The highest BCUT2D eigenvalue weighted by molar-refractivity contribution is 9.10. The molecule has 160 valence electrons. The van der Waals surface area contributed by atoms with Crippen LogP contribution in [0.5, 0.6) is 5.75 Å². The summed E-state index contributed by atoms with van der Waals surface area (Å²) in [6, 6.07) is 7.59. The van der Waals surface area contributed by atoms with E-state index in [2.05, 4.69) is 26.2 Å². The zero-order valence-electron chi connectivity index (χ0n) is 16.5. The molecule has 0 saturated heterocycles. The molecule has 2 aromatic carbocycles. The molecule has 1 aromatic heterocycles. The van der Waals surface area contributed by atoms with Gasteiger partial charge >= 0.3 is 0 Å². The monoisotopic (exact) mass is 490 g/mol. The molecule has 0 saturated carbocycles. The third-order valence-corrected chi connectivity index (χ3v) is 5.33. The number of hydrogen-bond donors (Lipinski definition) is 2. The summed E-state index contributed by atoms with van der Waals surface area (Å²) in [5.41, 5.74) is 1.25. The predicted octanol–water partition coefficient (Wildman–Crippen LogP) is 4.14. The molecule has 2 N–H and O–H groups in total. The molecule has 6 nitrogen and oxygen atoms in total. The standard InChI is InChI=1S/C22H17BrF2N2O4/c1-11-18(15-6-3-12(9-28)7-16(15)21(29)26-2)20(19(23)22(30)27-11)31-10-13-4-5-14(24)8-17(13)25/h3-9H,10H2,1-2H3,(H,26,29)(H,27,30). The third-order valence-electron chi connectivity index (χ3n) is 4.61. The zero-order chi connectivity index (χ0) is 22.7. The Morgan fingerprint density at radius 3 is 2.61 bits per heavy atom. The molecular formula is C22H17BrF2N2O4. The van der Waals surface area contributed by atoms with Crippen LogP contribution in [0.1, 0.15) is 32.0 Å². The van der Waals surface area contributed by atoms with E-state index in [1.807, 2.05) is 0 Å². The van der Waals surface area contributed by atoms with E-state index >= 15 is 0 Å². The van der Waals surface area contributed by atoms with Gasteiger partial charge in [0.25, 0.3) is 11.5 Å². The van der Waals surface area contributed by atoms with Gasteiger partial charge in [-0.15, -0.1) is 0 Å². The minimum Gasteiger partial charge on any atom is -0.487 e. The highest BCUT2D eigenvalue weighted by Gasteiger charge is 2.22. The van der Waals surface area contributed by atoms with Crippen molar-refractivity contribution in [3.8, 4) is 16.9 Å². The summed E-state index contributed by atoms with van der Waals surface area (Å²) in [4.78, 5) is 38.6. The smallest absolute Gasteiger partial charge is 0.266 e. The number of halogens is 3. The summed E-state index contributed by atoms with van der Waals surface area (Å²) in [7, 11) is 1.45. The molecule has 0 radical (unpaired) electrons. The summed E-state index contributed by atoms with van der Waals surface area (Å²) in [5, 5.41) is 2.51. The van der Waals surface area contributed by atoms with Crippen LogP contribution in [0.2, 0.25) is 0 Å². The Labute approximate surface area is 184 Å². The molecule has 3 rings (SSSR count). The first-order valence-electron chi connectivity index (χ1n) is 9.07. The quantitative estimate of drug-likeness (QED) is 0.508. The lowest BCUT2D eigenvalue weighted by molar-refractivity contribution is 0.0963. The van der Waals surface area contributed by atoms with Crippen LogP contribution >= 0.6 is 15.9 Å². The van der Waals surface area contributed by atoms with E-state index in [0.717, 1.165) is 12.1 Å². The Bertz CT molecular complexity index is 1240. The number of benzene rings is 2. The van der Waals surface area contributed by atoms with Gasteiger partial charge in [-0.2, -0.15) is 0 Å². The van der Waals surface area contributed by atoms with E-state index in [1.165, 1.54) is 25.2 Å². The highest BCUT2D eigenvalue weighted by atomic mass is 79.9. The topological polar surface area (TPSA) is 88.3 Å². The Hall–Kier alpha value is -3.33. The van der Waals surface area contributed by atoms with Gasteiger partial charge in [-0.1, -0.05) is 12.1 Å². The molecule has 0 aliphatic heterocycles. The molecule has 1 heterocycles. The number of aldehydes is 1. The van der Waals surface area contributed by atoms with Crippen molar-refractivity contribution in [3.63, 3.8) is 0 Å². The van der Waals surface area contributed by atoms with E-state index in [-0.39, 0.29) is 28.0 Å². The normalized spacial score (nSPS) is 10.6. The van der Waals surface area contributed by atoms with Gasteiger partial charge in [-0.25, -0.2) is 8.78 Å². The Kier molecular flexibility index (Phi) is 6.65. The van der Waals surface area contributed by atoms with Gasteiger partial charge in [0, 0.05) is 41.1 Å². The van der Waals surface area contributed by atoms with Gasteiger partial charge in [0.1, 0.15) is 34.7 Å². The van der Waals surface area contributed by atoms with Gasteiger partial charge in [-0.05, 0) is 46.6 Å². The fourth-order valence-electron chi connectivity index (χ4n) is 3.10. The number of H-pyrrole nitrogens is 1. The van der Waals surface area contributed by atoms with Gasteiger partial charge in [0.2, 0.25) is 0 Å². The SMILES string of the molecule is CNC(=O)c1cc(C=O)ccc1-c1c(C)[nH]c(=O)c(Br)c1OCc1ccc(F)cc1F. The van der Waals surface area contributed by atoms with Crippen molar-refractivity contribution >= 4 is 28.1 Å². The van der Waals surface area contributed by atoms with Crippen LogP contribution < -0.4 is 15.6 Å². The maximum Gasteiger partial charge on any atom is 0.266 e. The molecule has 3 aromatic rings. The first-order valence-corrected chi connectivity index (χ1v) is 9.86. The largest absolute Gasteiger partial charge is 0.487 e. The van der Waals surface area contributed by atoms with E-state index in [1.54, 1.807) is 13.0 Å². The van der Waals surface area contributed by atoms with Gasteiger partial charge in [-0.3, -0.25) is 14.4 Å².